The summed E-state index contributed by atoms with van der Waals surface area (Å²) in [6.07, 6.45) is 1.62. The van der Waals surface area contributed by atoms with E-state index in [9.17, 15) is 14.7 Å². The fraction of sp³-hybridized carbons (Fsp3) is 0.375. The summed E-state index contributed by atoms with van der Waals surface area (Å²) in [5.41, 5.74) is 1.02. The molecule has 1 saturated heterocycles. The van der Waals surface area contributed by atoms with Crippen molar-refractivity contribution in [2.45, 2.75) is 26.8 Å². The number of ketones is 1. The average molecular weight is 424 g/mol. The topological polar surface area (TPSA) is 83.0 Å². The van der Waals surface area contributed by atoms with Gasteiger partial charge in [-0.1, -0.05) is 32.0 Å². The third-order valence-electron chi connectivity index (χ3n) is 5.48. The van der Waals surface area contributed by atoms with Crippen molar-refractivity contribution in [3.63, 3.8) is 0 Å². The van der Waals surface area contributed by atoms with E-state index < -0.39 is 17.7 Å². The van der Waals surface area contributed by atoms with Gasteiger partial charge in [0.05, 0.1) is 17.9 Å². The fourth-order valence-corrected chi connectivity index (χ4v) is 3.80. The molecule has 0 radical (unpaired) electrons. The van der Waals surface area contributed by atoms with Gasteiger partial charge in [-0.25, -0.2) is 0 Å². The zero-order valence-electron chi connectivity index (χ0n) is 18.2. The Hall–Kier alpha value is -3.19. The van der Waals surface area contributed by atoms with Crippen LogP contribution in [0, 0.1) is 0 Å². The van der Waals surface area contributed by atoms with Crippen LogP contribution in [0.25, 0.3) is 5.76 Å². The summed E-state index contributed by atoms with van der Waals surface area (Å²) in [4.78, 5) is 34.1. The van der Waals surface area contributed by atoms with Gasteiger partial charge in [0, 0.05) is 24.8 Å². The number of hydrogen-bond acceptors (Lipinski definition) is 6. The number of ether oxygens (including phenoxy) is 1. The molecule has 0 saturated carbocycles. The summed E-state index contributed by atoms with van der Waals surface area (Å²) in [5, 5.41) is 11.1. The fourth-order valence-electron chi connectivity index (χ4n) is 3.80. The average Bonchev–Trinajstić information content (AvgIpc) is 3.05. The Balaban J connectivity index is 2.06. The van der Waals surface area contributed by atoms with Crippen molar-refractivity contribution >= 4 is 17.4 Å². The highest BCUT2D eigenvalue weighted by atomic mass is 16.5. The Labute approximate surface area is 183 Å². The molecule has 0 bridgehead atoms. The quantitative estimate of drug-likeness (QED) is 0.379. The number of Topliss-reactive ketones (excluding diaryl/α,β-unsaturated/α-hetero) is 1. The van der Waals surface area contributed by atoms with Crippen molar-refractivity contribution in [2.75, 3.05) is 32.8 Å². The third-order valence-corrected chi connectivity index (χ3v) is 5.48. The number of carbonyl (C=O) groups is 2. The first-order valence-electron chi connectivity index (χ1n) is 10.7. The SMILES string of the molecule is CCOc1cccc(/C(O)=C2/C(=O)C(=O)N(CCN(CC)CC)C2c2ccccn2)c1. The van der Waals surface area contributed by atoms with Gasteiger partial charge < -0.3 is 19.6 Å². The summed E-state index contributed by atoms with van der Waals surface area (Å²) in [5.74, 6) is -0.961. The van der Waals surface area contributed by atoms with Crippen LogP contribution in [0.5, 0.6) is 5.75 Å². The molecule has 1 amide bonds. The van der Waals surface area contributed by atoms with Gasteiger partial charge >= 0.3 is 0 Å². The van der Waals surface area contributed by atoms with Gasteiger partial charge in [0.2, 0.25) is 0 Å². The van der Waals surface area contributed by atoms with E-state index in [0.29, 0.717) is 36.7 Å². The molecule has 31 heavy (non-hydrogen) atoms. The van der Waals surface area contributed by atoms with Crippen molar-refractivity contribution in [1.29, 1.82) is 0 Å². The number of carbonyl (C=O) groups excluding carboxylic acids is 2. The van der Waals surface area contributed by atoms with Crippen molar-refractivity contribution in [1.82, 2.24) is 14.8 Å². The smallest absolute Gasteiger partial charge is 0.295 e. The number of hydrogen-bond donors (Lipinski definition) is 1. The van der Waals surface area contributed by atoms with Crippen LogP contribution in [0.3, 0.4) is 0 Å². The van der Waals surface area contributed by atoms with Crippen LogP contribution in [0.2, 0.25) is 0 Å². The minimum absolute atomic E-state index is 0.0527. The highest BCUT2D eigenvalue weighted by Gasteiger charge is 2.46. The second-order valence-electron chi connectivity index (χ2n) is 7.23. The van der Waals surface area contributed by atoms with Gasteiger partial charge in [-0.05, 0) is 44.3 Å². The lowest BCUT2D eigenvalue weighted by molar-refractivity contribution is -0.140. The Morgan fingerprint density at radius 3 is 2.55 bits per heavy atom. The molecule has 1 atom stereocenters. The molecular weight excluding hydrogens is 394 g/mol. The zero-order chi connectivity index (χ0) is 22.4. The number of aromatic nitrogens is 1. The second-order valence-corrected chi connectivity index (χ2v) is 7.23. The highest BCUT2D eigenvalue weighted by Crippen LogP contribution is 2.38. The Kier molecular flexibility index (Phi) is 7.41. The van der Waals surface area contributed by atoms with Crippen molar-refractivity contribution in [3.8, 4) is 5.75 Å². The van der Waals surface area contributed by atoms with E-state index in [1.54, 1.807) is 42.6 Å². The monoisotopic (exact) mass is 423 g/mol. The summed E-state index contributed by atoms with van der Waals surface area (Å²) >= 11 is 0. The van der Waals surface area contributed by atoms with Crippen molar-refractivity contribution < 1.29 is 19.4 Å². The number of aliphatic hydroxyl groups excluding tert-OH is 1. The van der Waals surface area contributed by atoms with E-state index in [-0.39, 0.29) is 11.3 Å². The molecule has 1 aliphatic heterocycles. The predicted molar refractivity (Wildman–Crippen MR) is 119 cm³/mol. The molecule has 1 aliphatic rings. The molecule has 7 heteroatoms. The lowest BCUT2D eigenvalue weighted by Gasteiger charge is -2.27. The number of likely N-dealkylation sites (tertiary alicyclic amines) is 1. The minimum Gasteiger partial charge on any atom is -0.507 e. The molecule has 1 fully saturated rings. The lowest BCUT2D eigenvalue weighted by atomic mass is 9.98. The van der Waals surface area contributed by atoms with E-state index in [0.717, 1.165) is 13.1 Å². The van der Waals surface area contributed by atoms with Gasteiger partial charge in [-0.15, -0.1) is 0 Å². The number of benzene rings is 1. The largest absolute Gasteiger partial charge is 0.507 e. The molecule has 1 N–H and O–H groups in total. The first-order valence-corrected chi connectivity index (χ1v) is 10.7. The normalized spacial score (nSPS) is 18.1. The summed E-state index contributed by atoms with van der Waals surface area (Å²) in [6.45, 7) is 9.14. The lowest BCUT2D eigenvalue weighted by Crippen LogP contribution is -2.38. The Bertz CT molecular complexity index is 954. The second kappa shape index (κ2) is 10.2. The summed E-state index contributed by atoms with van der Waals surface area (Å²) in [6, 6.07) is 11.5. The molecule has 3 rings (SSSR count). The van der Waals surface area contributed by atoms with Crippen LogP contribution in [0.4, 0.5) is 0 Å². The summed E-state index contributed by atoms with van der Waals surface area (Å²) in [7, 11) is 0. The number of likely N-dealkylation sites (N-methyl/N-ethyl adjacent to an activating group) is 1. The van der Waals surface area contributed by atoms with E-state index in [1.807, 2.05) is 13.0 Å². The van der Waals surface area contributed by atoms with Crippen LogP contribution in [0.1, 0.15) is 38.1 Å². The molecule has 1 aromatic carbocycles. The maximum atomic E-state index is 13.0. The van der Waals surface area contributed by atoms with Gasteiger partial charge in [0.25, 0.3) is 11.7 Å². The molecule has 2 aromatic rings. The Morgan fingerprint density at radius 1 is 1.13 bits per heavy atom. The highest BCUT2D eigenvalue weighted by molar-refractivity contribution is 6.46. The first-order chi connectivity index (χ1) is 15.0. The molecule has 7 nitrogen and oxygen atoms in total. The maximum absolute atomic E-state index is 13.0. The molecule has 0 spiro atoms. The molecule has 164 valence electrons. The van der Waals surface area contributed by atoms with Gasteiger partial charge in [-0.3, -0.25) is 14.6 Å². The molecule has 1 unspecified atom stereocenters. The van der Waals surface area contributed by atoms with Gasteiger partial charge in [-0.2, -0.15) is 0 Å². The van der Waals surface area contributed by atoms with Crippen LogP contribution in [0.15, 0.2) is 54.2 Å². The first kappa shape index (κ1) is 22.5. The van der Waals surface area contributed by atoms with E-state index in [2.05, 4.69) is 23.7 Å². The molecule has 0 aliphatic carbocycles. The molecule has 2 heterocycles. The van der Waals surface area contributed by atoms with E-state index >= 15 is 0 Å². The van der Waals surface area contributed by atoms with Crippen LogP contribution in [-0.2, 0) is 9.59 Å². The third kappa shape index (κ3) is 4.77. The minimum atomic E-state index is -0.743. The van der Waals surface area contributed by atoms with E-state index in [1.165, 1.54) is 4.90 Å². The van der Waals surface area contributed by atoms with E-state index in [4.69, 9.17) is 4.74 Å². The number of pyridine rings is 1. The number of nitrogens with zero attached hydrogens (tertiary/aromatic N) is 3. The standard InChI is InChI=1S/C24H29N3O4/c1-4-26(5-2)14-15-27-21(19-12-7-8-13-25-19)20(23(29)24(27)30)22(28)17-10-9-11-18(16-17)31-6-3/h7-13,16,21,28H,4-6,14-15H2,1-3H3/b22-20-. The van der Waals surface area contributed by atoms with Gasteiger partial charge in [0.15, 0.2) is 0 Å². The number of aliphatic hydroxyl groups is 1. The summed E-state index contributed by atoms with van der Waals surface area (Å²) < 4.78 is 5.52. The van der Waals surface area contributed by atoms with Crippen molar-refractivity contribution in [3.05, 3.63) is 65.5 Å². The number of rotatable bonds is 9. The Morgan fingerprint density at radius 2 is 1.90 bits per heavy atom. The van der Waals surface area contributed by atoms with Crippen molar-refractivity contribution in [2.24, 2.45) is 0 Å². The van der Waals surface area contributed by atoms with Gasteiger partial charge in [0.1, 0.15) is 17.6 Å². The predicted octanol–water partition coefficient (Wildman–Crippen LogP) is 3.24. The molecule has 1 aromatic heterocycles. The number of amides is 1. The van der Waals surface area contributed by atoms with Crippen LogP contribution >= 0.6 is 0 Å². The molecular formula is C24H29N3O4. The van der Waals surface area contributed by atoms with Crippen LogP contribution < -0.4 is 4.74 Å². The van der Waals surface area contributed by atoms with Crippen LogP contribution in [-0.4, -0.2) is 64.4 Å². The zero-order valence-corrected chi connectivity index (χ0v) is 18.2. The maximum Gasteiger partial charge on any atom is 0.295 e.